The average molecular weight is 371 g/mol. The van der Waals surface area contributed by atoms with E-state index < -0.39 is 24.3 Å². The van der Waals surface area contributed by atoms with Crippen LogP contribution in [0.2, 0.25) is 0 Å². The van der Waals surface area contributed by atoms with E-state index in [1.165, 1.54) is 14.2 Å². The number of rotatable bonds is 9. The van der Waals surface area contributed by atoms with E-state index >= 15 is 0 Å². The number of benzene rings is 2. The summed E-state index contributed by atoms with van der Waals surface area (Å²) in [7, 11) is 2.93. The minimum atomic E-state index is -0.805. The number of hydrogen-bond donors (Lipinski definition) is 1. The van der Waals surface area contributed by atoms with Gasteiger partial charge in [-0.15, -0.1) is 0 Å². The van der Waals surface area contributed by atoms with Crippen molar-refractivity contribution in [2.24, 2.45) is 0 Å². The molecule has 0 aliphatic heterocycles. The van der Waals surface area contributed by atoms with E-state index in [1.807, 2.05) is 48.5 Å². The van der Waals surface area contributed by atoms with Gasteiger partial charge in [-0.2, -0.15) is 0 Å². The summed E-state index contributed by atoms with van der Waals surface area (Å²) in [5, 5.41) is 2.75. The highest BCUT2D eigenvalue weighted by Gasteiger charge is 2.25. The molecular weight excluding hydrogens is 346 g/mol. The van der Waals surface area contributed by atoms with E-state index in [-0.39, 0.29) is 12.5 Å². The van der Waals surface area contributed by atoms with Gasteiger partial charge in [-0.3, -0.25) is 4.79 Å². The molecule has 27 heavy (non-hydrogen) atoms. The monoisotopic (exact) mass is 371 g/mol. The first kappa shape index (κ1) is 20.6. The van der Waals surface area contributed by atoms with Crippen molar-refractivity contribution in [2.45, 2.75) is 25.2 Å². The second kappa shape index (κ2) is 10.4. The molecule has 0 saturated carbocycles. The average Bonchev–Trinajstić information content (AvgIpc) is 2.69. The molecule has 3 atom stereocenters. The lowest BCUT2D eigenvalue weighted by Crippen LogP contribution is -2.37. The lowest BCUT2D eigenvalue weighted by atomic mass is 10.1. The van der Waals surface area contributed by atoms with Crippen LogP contribution in [0, 0.1) is 0 Å². The summed E-state index contributed by atoms with van der Waals surface area (Å²) in [6.45, 7) is 1.88. The topological polar surface area (TPSA) is 73.9 Å². The maximum absolute atomic E-state index is 12.4. The molecular formula is C21H25NO5. The zero-order valence-electron chi connectivity index (χ0n) is 15.8. The van der Waals surface area contributed by atoms with Crippen molar-refractivity contribution in [2.75, 3.05) is 20.8 Å². The molecule has 2 aromatic rings. The number of nitrogens with one attached hydrogen (secondary N) is 1. The van der Waals surface area contributed by atoms with Crippen molar-refractivity contribution in [3.63, 3.8) is 0 Å². The quantitative estimate of drug-likeness (QED) is 0.686. The molecule has 144 valence electrons. The molecule has 2 rings (SSSR count). The van der Waals surface area contributed by atoms with Gasteiger partial charge in [0, 0.05) is 14.2 Å². The van der Waals surface area contributed by atoms with Crippen LogP contribution in [0.15, 0.2) is 60.7 Å². The molecule has 6 heteroatoms. The van der Waals surface area contributed by atoms with Gasteiger partial charge in [0.1, 0.15) is 6.10 Å². The number of carbonyl (C=O) groups excluding carboxylic acids is 2. The van der Waals surface area contributed by atoms with Crippen LogP contribution in [0.3, 0.4) is 0 Å². The molecule has 0 aliphatic rings. The van der Waals surface area contributed by atoms with Crippen molar-refractivity contribution in [3.8, 4) is 0 Å². The third-order valence-electron chi connectivity index (χ3n) is 4.01. The van der Waals surface area contributed by atoms with Gasteiger partial charge in [0.25, 0.3) is 5.91 Å². The van der Waals surface area contributed by atoms with Crippen molar-refractivity contribution >= 4 is 11.9 Å². The number of methoxy groups -OCH3 is 2. The number of hydrogen-bond acceptors (Lipinski definition) is 5. The van der Waals surface area contributed by atoms with E-state index in [2.05, 4.69) is 5.32 Å². The minimum Gasteiger partial charge on any atom is -0.459 e. The number of esters is 1. The Morgan fingerprint density at radius 1 is 0.852 bits per heavy atom. The molecule has 1 amide bonds. The lowest BCUT2D eigenvalue weighted by Gasteiger charge is -2.20. The van der Waals surface area contributed by atoms with Gasteiger partial charge in [-0.1, -0.05) is 60.7 Å². The zero-order chi connectivity index (χ0) is 19.6. The van der Waals surface area contributed by atoms with Crippen LogP contribution in [0.4, 0.5) is 0 Å². The third kappa shape index (κ3) is 5.91. The van der Waals surface area contributed by atoms with Crippen LogP contribution < -0.4 is 5.32 Å². The highest BCUT2D eigenvalue weighted by molar-refractivity contribution is 5.82. The summed E-state index contributed by atoms with van der Waals surface area (Å²) in [5.74, 6) is -0.797. The molecule has 1 N–H and O–H groups in total. The first-order valence-corrected chi connectivity index (χ1v) is 8.70. The smallest absolute Gasteiger partial charge is 0.340 e. The largest absolute Gasteiger partial charge is 0.459 e. The molecule has 0 unspecified atom stereocenters. The molecule has 0 saturated heterocycles. The fourth-order valence-electron chi connectivity index (χ4n) is 2.66. The van der Waals surface area contributed by atoms with E-state index in [0.29, 0.717) is 5.56 Å². The van der Waals surface area contributed by atoms with Crippen molar-refractivity contribution in [3.05, 3.63) is 71.8 Å². The van der Waals surface area contributed by atoms with Crippen molar-refractivity contribution < 1.29 is 23.8 Å². The van der Waals surface area contributed by atoms with E-state index in [1.54, 1.807) is 19.1 Å². The SMILES string of the molecule is CO[C@H](C(=O)NC[C@H](C)OC(=O)[C@@H](OC)c1ccccc1)c1ccccc1. The molecule has 0 fully saturated rings. The number of carbonyl (C=O) groups is 2. The van der Waals surface area contributed by atoms with Gasteiger partial charge >= 0.3 is 5.97 Å². The summed E-state index contributed by atoms with van der Waals surface area (Å²) in [5.41, 5.74) is 1.47. The molecule has 6 nitrogen and oxygen atoms in total. The van der Waals surface area contributed by atoms with Gasteiger partial charge in [0.2, 0.25) is 0 Å². The highest BCUT2D eigenvalue weighted by atomic mass is 16.6. The van der Waals surface area contributed by atoms with Crippen molar-refractivity contribution in [1.29, 1.82) is 0 Å². The van der Waals surface area contributed by atoms with E-state index in [0.717, 1.165) is 5.56 Å². The summed E-state index contributed by atoms with van der Waals surface area (Å²) in [4.78, 5) is 24.7. The van der Waals surface area contributed by atoms with Gasteiger partial charge < -0.3 is 19.5 Å². The van der Waals surface area contributed by atoms with Crippen LogP contribution in [-0.2, 0) is 23.8 Å². The van der Waals surface area contributed by atoms with Crippen LogP contribution in [-0.4, -0.2) is 38.7 Å². The Labute approximate surface area is 159 Å². The standard InChI is InChI=1S/C21H25NO5/c1-15(27-21(24)19(26-3)17-12-8-5-9-13-17)14-22-20(23)18(25-2)16-10-6-4-7-11-16/h4-13,15,18-19H,14H2,1-3H3,(H,22,23)/t15-,18-,19-/m0/s1. The predicted molar refractivity (Wildman–Crippen MR) is 101 cm³/mol. The van der Waals surface area contributed by atoms with Crippen LogP contribution in [0.5, 0.6) is 0 Å². The minimum absolute atomic E-state index is 0.169. The molecule has 0 bridgehead atoms. The summed E-state index contributed by atoms with van der Waals surface area (Å²) in [6.07, 6.45) is -2.04. The zero-order valence-corrected chi connectivity index (χ0v) is 15.8. The van der Waals surface area contributed by atoms with Gasteiger partial charge in [0.15, 0.2) is 12.2 Å². The normalized spacial score (nSPS) is 14.0. The summed E-state index contributed by atoms with van der Waals surface area (Å²) < 4.78 is 15.9. The Balaban J connectivity index is 1.88. The maximum Gasteiger partial charge on any atom is 0.340 e. The summed E-state index contributed by atoms with van der Waals surface area (Å²) >= 11 is 0. The Morgan fingerprint density at radius 3 is 1.81 bits per heavy atom. The highest BCUT2D eigenvalue weighted by Crippen LogP contribution is 2.19. The summed E-state index contributed by atoms with van der Waals surface area (Å²) in [6, 6.07) is 18.3. The maximum atomic E-state index is 12.4. The van der Waals surface area contributed by atoms with Gasteiger partial charge in [-0.25, -0.2) is 4.79 Å². The van der Waals surface area contributed by atoms with E-state index in [4.69, 9.17) is 14.2 Å². The fraction of sp³-hybridized carbons (Fsp3) is 0.333. The number of ether oxygens (including phenoxy) is 3. The fourth-order valence-corrected chi connectivity index (χ4v) is 2.66. The molecule has 0 heterocycles. The van der Waals surface area contributed by atoms with Crippen LogP contribution in [0.1, 0.15) is 30.3 Å². The Kier molecular flexibility index (Phi) is 7.98. The Morgan fingerprint density at radius 2 is 1.33 bits per heavy atom. The van der Waals surface area contributed by atoms with E-state index in [9.17, 15) is 9.59 Å². The van der Waals surface area contributed by atoms with Crippen LogP contribution in [0.25, 0.3) is 0 Å². The molecule has 2 aromatic carbocycles. The molecule has 0 radical (unpaired) electrons. The van der Waals surface area contributed by atoms with Crippen LogP contribution >= 0.6 is 0 Å². The Hall–Kier alpha value is -2.70. The third-order valence-corrected chi connectivity index (χ3v) is 4.01. The number of amides is 1. The molecule has 0 spiro atoms. The first-order valence-electron chi connectivity index (χ1n) is 8.70. The van der Waals surface area contributed by atoms with Gasteiger partial charge in [0.05, 0.1) is 6.54 Å². The second-order valence-corrected chi connectivity index (χ2v) is 6.05. The molecule has 0 aliphatic carbocycles. The first-order chi connectivity index (χ1) is 13.1. The molecule has 0 aromatic heterocycles. The Bertz CT molecular complexity index is 720. The van der Waals surface area contributed by atoms with Gasteiger partial charge in [-0.05, 0) is 18.1 Å². The predicted octanol–water partition coefficient (Wildman–Crippen LogP) is 2.81. The second-order valence-electron chi connectivity index (χ2n) is 6.05. The van der Waals surface area contributed by atoms with Crippen molar-refractivity contribution in [1.82, 2.24) is 5.32 Å². The lowest BCUT2D eigenvalue weighted by molar-refractivity contribution is -0.161.